The number of aryl methyl sites for hydroxylation is 1. The van der Waals surface area contributed by atoms with Gasteiger partial charge in [-0.2, -0.15) is 0 Å². The molecule has 0 aliphatic heterocycles. The molecule has 3 aromatic rings. The van der Waals surface area contributed by atoms with Gasteiger partial charge in [0.05, 0.1) is 18.1 Å². The number of fused-ring (bicyclic) bond motifs is 1. The Morgan fingerprint density at radius 2 is 2.09 bits per heavy atom. The second-order valence-electron chi connectivity index (χ2n) is 4.79. The number of aromatic nitrogens is 2. The van der Waals surface area contributed by atoms with Gasteiger partial charge in [-0.25, -0.2) is 9.98 Å². The Labute approximate surface area is 136 Å². The van der Waals surface area contributed by atoms with E-state index >= 15 is 0 Å². The second-order valence-corrected chi connectivity index (χ2v) is 5.70. The molecular formula is C16H14BrN3O2. The first-order valence-electron chi connectivity index (χ1n) is 6.61. The number of halogens is 1. The highest BCUT2D eigenvalue weighted by Gasteiger charge is 2.07. The zero-order chi connectivity index (χ0) is 15.7. The Bertz CT molecular complexity index is 871. The van der Waals surface area contributed by atoms with Crippen molar-refractivity contribution in [3.05, 3.63) is 46.4 Å². The van der Waals surface area contributed by atoms with Crippen molar-refractivity contribution < 1.29 is 9.84 Å². The molecule has 1 heterocycles. The molecule has 0 amide bonds. The first kappa shape index (κ1) is 14.6. The third-order valence-electron chi connectivity index (χ3n) is 3.37. The highest BCUT2D eigenvalue weighted by molar-refractivity contribution is 9.10. The van der Waals surface area contributed by atoms with E-state index in [9.17, 15) is 5.11 Å². The number of nitrogens with zero attached hydrogens (tertiary/aromatic N) is 3. The fourth-order valence-corrected chi connectivity index (χ4v) is 2.50. The summed E-state index contributed by atoms with van der Waals surface area (Å²) in [6, 6.07) is 10.9. The molecule has 0 saturated carbocycles. The van der Waals surface area contributed by atoms with Gasteiger partial charge in [-0.05, 0) is 36.4 Å². The number of hydrogen-bond acceptors (Lipinski definition) is 4. The molecule has 5 nitrogen and oxygen atoms in total. The average molecular weight is 360 g/mol. The van der Waals surface area contributed by atoms with Crippen LogP contribution in [0.25, 0.3) is 11.0 Å². The number of rotatable bonds is 3. The minimum absolute atomic E-state index is 0.144. The number of phenols is 1. The summed E-state index contributed by atoms with van der Waals surface area (Å²) in [6.07, 6.45) is 1.58. The fourth-order valence-electron chi connectivity index (χ4n) is 2.16. The minimum Gasteiger partial charge on any atom is -0.507 e. The van der Waals surface area contributed by atoms with Crippen LogP contribution in [0.3, 0.4) is 0 Å². The van der Waals surface area contributed by atoms with E-state index in [4.69, 9.17) is 4.74 Å². The monoisotopic (exact) mass is 359 g/mol. The van der Waals surface area contributed by atoms with Gasteiger partial charge < -0.3 is 14.4 Å². The topological polar surface area (TPSA) is 59.6 Å². The number of imidazole rings is 1. The lowest BCUT2D eigenvalue weighted by Crippen LogP contribution is -1.89. The number of hydrogen-bond donors (Lipinski definition) is 1. The van der Waals surface area contributed by atoms with Crippen LogP contribution in [0, 0.1) is 0 Å². The summed E-state index contributed by atoms with van der Waals surface area (Å²) in [5, 5.41) is 9.87. The van der Waals surface area contributed by atoms with Gasteiger partial charge >= 0.3 is 0 Å². The molecule has 0 bridgehead atoms. The summed E-state index contributed by atoms with van der Waals surface area (Å²) in [5.74, 6) is 1.37. The molecule has 0 fully saturated rings. The van der Waals surface area contributed by atoms with Crippen LogP contribution >= 0.6 is 15.9 Å². The van der Waals surface area contributed by atoms with Gasteiger partial charge in [-0.3, -0.25) is 0 Å². The van der Waals surface area contributed by atoms with Crippen molar-refractivity contribution >= 4 is 39.1 Å². The standard InChI is InChI=1S/C16H14BrN3O2/c1-20-14-8-11(17)3-5-13(14)19-16(20)18-9-10-7-12(22-2)4-6-15(10)21/h3-9,21H,1-2H3/b18-9+. The maximum Gasteiger partial charge on any atom is 0.230 e. The van der Waals surface area contributed by atoms with E-state index in [1.54, 1.807) is 31.5 Å². The molecule has 1 aromatic heterocycles. The molecule has 0 unspecified atom stereocenters. The van der Waals surface area contributed by atoms with E-state index < -0.39 is 0 Å². The third-order valence-corrected chi connectivity index (χ3v) is 3.87. The number of benzene rings is 2. The molecule has 0 atom stereocenters. The van der Waals surface area contributed by atoms with E-state index in [1.165, 1.54) is 0 Å². The number of phenolic OH excluding ortho intramolecular Hbond substituents is 1. The largest absolute Gasteiger partial charge is 0.507 e. The molecule has 22 heavy (non-hydrogen) atoms. The van der Waals surface area contributed by atoms with Crippen molar-refractivity contribution in [1.29, 1.82) is 0 Å². The molecule has 3 rings (SSSR count). The number of aliphatic imine (C=N–C) groups is 1. The lowest BCUT2D eigenvalue weighted by Gasteiger charge is -2.03. The van der Waals surface area contributed by atoms with Crippen LogP contribution in [0.4, 0.5) is 5.95 Å². The van der Waals surface area contributed by atoms with E-state index in [0.717, 1.165) is 15.5 Å². The summed E-state index contributed by atoms with van der Waals surface area (Å²) in [7, 11) is 3.48. The predicted molar refractivity (Wildman–Crippen MR) is 90.3 cm³/mol. The molecule has 2 aromatic carbocycles. The molecule has 0 spiro atoms. The van der Waals surface area contributed by atoms with Crippen LogP contribution in [0.5, 0.6) is 11.5 Å². The minimum atomic E-state index is 0.144. The summed E-state index contributed by atoms with van der Waals surface area (Å²) in [4.78, 5) is 8.85. The molecule has 1 N–H and O–H groups in total. The third kappa shape index (κ3) is 2.69. The van der Waals surface area contributed by atoms with Crippen LogP contribution in [0.2, 0.25) is 0 Å². The number of ether oxygens (including phenoxy) is 1. The normalized spacial score (nSPS) is 11.4. The quantitative estimate of drug-likeness (QED) is 0.723. The lowest BCUT2D eigenvalue weighted by molar-refractivity contribution is 0.412. The molecule has 0 aliphatic rings. The second kappa shape index (κ2) is 5.81. The summed E-state index contributed by atoms with van der Waals surface area (Å²) in [6.45, 7) is 0. The van der Waals surface area contributed by atoms with Crippen molar-refractivity contribution in [2.24, 2.45) is 12.0 Å². The van der Waals surface area contributed by atoms with Crippen molar-refractivity contribution in [3.63, 3.8) is 0 Å². The van der Waals surface area contributed by atoms with E-state index in [-0.39, 0.29) is 5.75 Å². The number of methoxy groups -OCH3 is 1. The summed E-state index contributed by atoms with van der Waals surface area (Å²) >= 11 is 3.45. The lowest BCUT2D eigenvalue weighted by atomic mass is 10.2. The Kier molecular flexibility index (Phi) is 3.85. The molecular weight excluding hydrogens is 346 g/mol. The van der Waals surface area contributed by atoms with Crippen molar-refractivity contribution in [2.75, 3.05) is 7.11 Å². The van der Waals surface area contributed by atoms with E-state index in [1.807, 2.05) is 29.8 Å². The molecule has 0 radical (unpaired) electrons. The molecule has 0 aliphatic carbocycles. The van der Waals surface area contributed by atoms with E-state index in [0.29, 0.717) is 17.3 Å². The Morgan fingerprint density at radius 3 is 2.86 bits per heavy atom. The Morgan fingerprint density at radius 1 is 1.27 bits per heavy atom. The van der Waals surface area contributed by atoms with E-state index in [2.05, 4.69) is 25.9 Å². The average Bonchev–Trinajstić information content (AvgIpc) is 2.83. The maximum absolute atomic E-state index is 9.87. The predicted octanol–water partition coefficient (Wildman–Crippen LogP) is 3.80. The first-order chi connectivity index (χ1) is 10.6. The highest BCUT2D eigenvalue weighted by atomic mass is 79.9. The van der Waals surface area contributed by atoms with Gasteiger partial charge in [0.25, 0.3) is 0 Å². The summed E-state index contributed by atoms with van der Waals surface area (Å²) in [5.41, 5.74) is 2.43. The fraction of sp³-hybridized carbons (Fsp3) is 0.125. The first-order valence-corrected chi connectivity index (χ1v) is 7.41. The zero-order valence-corrected chi connectivity index (χ0v) is 13.7. The van der Waals surface area contributed by atoms with Crippen molar-refractivity contribution in [2.45, 2.75) is 0 Å². The van der Waals surface area contributed by atoms with Crippen LogP contribution in [0.1, 0.15) is 5.56 Å². The molecule has 0 saturated heterocycles. The number of aromatic hydroxyl groups is 1. The van der Waals surface area contributed by atoms with Crippen LogP contribution < -0.4 is 4.74 Å². The van der Waals surface area contributed by atoms with Crippen LogP contribution in [-0.4, -0.2) is 28.0 Å². The SMILES string of the molecule is COc1ccc(O)c(/C=N/c2nc3ccc(Br)cc3n2C)c1. The van der Waals surface area contributed by atoms with Gasteiger partial charge in [-0.1, -0.05) is 15.9 Å². The van der Waals surface area contributed by atoms with Gasteiger partial charge in [0, 0.05) is 23.3 Å². The Hall–Kier alpha value is -2.34. The maximum atomic E-state index is 9.87. The zero-order valence-electron chi connectivity index (χ0n) is 12.1. The van der Waals surface area contributed by atoms with Gasteiger partial charge in [-0.15, -0.1) is 0 Å². The highest BCUT2D eigenvalue weighted by Crippen LogP contribution is 2.25. The van der Waals surface area contributed by atoms with Gasteiger partial charge in [0.15, 0.2) is 0 Å². The summed E-state index contributed by atoms with van der Waals surface area (Å²) < 4.78 is 8.03. The van der Waals surface area contributed by atoms with Gasteiger partial charge in [0.2, 0.25) is 5.95 Å². The van der Waals surface area contributed by atoms with Crippen molar-refractivity contribution in [3.8, 4) is 11.5 Å². The van der Waals surface area contributed by atoms with Gasteiger partial charge in [0.1, 0.15) is 11.5 Å². The van der Waals surface area contributed by atoms with Crippen LogP contribution in [0.15, 0.2) is 45.9 Å². The Balaban J connectivity index is 2.01. The molecule has 6 heteroatoms. The van der Waals surface area contributed by atoms with Crippen LogP contribution in [-0.2, 0) is 7.05 Å². The van der Waals surface area contributed by atoms with Crippen molar-refractivity contribution in [1.82, 2.24) is 9.55 Å². The molecule has 112 valence electrons. The smallest absolute Gasteiger partial charge is 0.230 e.